The molecule has 1 unspecified atom stereocenters. The third kappa shape index (κ3) is 3.41. The molecule has 0 aromatic carbocycles. The Morgan fingerprint density at radius 2 is 2.24 bits per heavy atom. The van der Waals surface area contributed by atoms with Gasteiger partial charge in [0.25, 0.3) is 0 Å². The highest BCUT2D eigenvalue weighted by molar-refractivity contribution is 7.86. The first-order valence-corrected chi connectivity index (χ1v) is 8.55. The number of methoxy groups -OCH3 is 1. The molecule has 1 amide bonds. The highest BCUT2D eigenvalue weighted by Crippen LogP contribution is 2.36. The fraction of sp³-hybridized carbons (Fsp3) is 0.500. The molecule has 0 spiro atoms. The van der Waals surface area contributed by atoms with Gasteiger partial charge in [-0.2, -0.15) is 8.42 Å². The van der Waals surface area contributed by atoms with Gasteiger partial charge in [-0.3, -0.25) is 4.79 Å². The van der Waals surface area contributed by atoms with E-state index in [1.165, 1.54) is 12.0 Å². The Bertz CT molecular complexity index is 682. The number of halogens is 1. The van der Waals surface area contributed by atoms with Crippen LogP contribution in [-0.4, -0.2) is 39.7 Å². The molecular formula is C12H14FNO5S2. The van der Waals surface area contributed by atoms with Crippen LogP contribution >= 0.6 is 11.3 Å². The number of amides is 1. The molecule has 0 saturated carbocycles. The van der Waals surface area contributed by atoms with Crippen molar-refractivity contribution < 1.29 is 26.6 Å². The van der Waals surface area contributed by atoms with E-state index in [0.29, 0.717) is 5.69 Å². The van der Waals surface area contributed by atoms with E-state index in [9.17, 15) is 21.9 Å². The molecule has 0 N–H and O–H groups in total. The number of esters is 1. The van der Waals surface area contributed by atoms with Crippen molar-refractivity contribution in [1.82, 2.24) is 0 Å². The third-order valence-electron chi connectivity index (χ3n) is 3.22. The van der Waals surface area contributed by atoms with Crippen molar-refractivity contribution >= 4 is 39.1 Å². The molecule has 21 heavy (non-hydrogen) atoms. The van der Waals surface area contributed by atoms with E-state index in [1.807, 2.05) is 0 Å². The van der Waals surface area contributed by atoms with Crippen molar-refractivity contribution in [1.29, 1.82) is 0 Å². The van der Waals surface area contributed by atoms with Gasteiger partial charge in [0, 0.05) is 18.9 Å². The smallest absolute Gasteiger partial charge is 0.350 e. The second kappa shape index (κ2) is 5.72. The summed E-state index contributed by atoms with van der Waals surface area (Å²) in [7, 11) is -3.39. The van der Waals surface area contributed by atoms with Gasteiger partial charge < -0.3 is 9.64 Å². The molecule has 1 aliphatic heterocycles. The van der Waals surface area contributed by atoms with Crippen molar-refractivity contribution in [2.75, 3.05) is 24.3 Å². The maximum Gasteiger partial charge on any atom is 0.350 e. The van der Waals surface area contributed by atoms with Crippen LogP contribution < -0.4 is 4.90 Å². The number of aryl methyl sites for hydroxylation is 1. The molecule has 1 aliphatic rings. The van der Waals surface area contributed by atoms with Crippen LogP contribution in [0.25, 0.3) is 0 Å². The summed E-state index contributed by atoms with van der Waals surface area (Å²) in [5.74, 6) is -2.18. The zero-order chi connectivity index (χ0) is 15.8. The summed E-state index contributed by atoms with van der Waals surface area (Å²) in [5, 5.41) is 1.72. The number of carbonyl (C=O) groups excluding carboxylic acids is 2. The van der Waals surface area contributed by atoms with Crippen molar-refractivity contribution in [3.63, 3.8) is 0 Å². The molecule has 1 atom stereocenters. The van der Waals surface area contributed by atoms with E-state index >= 15 is 0 Å². The van der Waals surface area contributed by atoms with Crippen LogP contribution in [0.2, 0.25) is 0 Å². The summed E-state index contributed by atoms with van der Waals surface area (Å²) >= 11 is 1.15. The topological polar surface area (TPSA) is 80.8 Å². The van der Waals surface area contributed by atoms with Crippen LogP contribution in [0.5, 0.6) is 0 Å². The van der Waals surface area contributed by atoms with Gasteiger partial charge in [0.2, 0.25) is 5.91 Å². The number of ether oxygens (including phenoxy) is 1. The molecule has 0 radical (unpaired) electrons. The summed E-state index contributed by atoms with van der Waals surface area (Å²) in [4.78, 5) is 25.4. The second-order valence-electron chi connectivity index (χ2n) is 4.87. The van der Waals surface area contributed by atoms with E-state index in [2.05, 4.69) is 4.74 Å². The first-order chi connectivity index (χ1) is 9.73. The predicted molar refractivity (Wildman–Crippen MR) is 75.8 cm³/mol. The molecule has 1 fully saturated rings. The number of carbonyl (C=O) groups is 2. The van der Waals surface area contributed by atoms with E-state index in [1.54, 1.807) is 12.3 Å². The average Bonchev–Trinajstić information content (AvgIpc) is 2.89. The highest BCUT2D eigenvalue weighted by Gasteiger charge is 2.36. The van der Waals surface area contributed by atoms with Crippen molar-refractivity contribution in [3.05, 3.63) is 15.8 Å². The predicted octanol–water partition coefficient (Wildman–Crippen LogP) is 1.50. The SMILES string of the molecule is COC(=O)c1scc(C)c1N1CC(CS(=O)(=O)F)CC1=O. The quantitative estimate of drug-likeness (QED) is 0.615. The lowest BCUT2D eigenvalue weighted by Gasteiger charge is -2.18. The van der Waals surface area contributed by atoms with Crippen LogP contribution in [0.15, 0.2) is 5.38 Å². The summed E-state index contributed by atoms with van der Waals surface area (Å²) in [6.07, 6.45) is -0.0565. The third-order valence-corrected chi connectivity index (χ3v) is 5.16. The van der Waals surface area contributed by atoms with Gasteiger partial charge in [-0.1, -0.05) is 0 Å². The highest BCUT2D eigenvalue weighted by atomic mass is 32.3. The largest absolute Gasteiger partial charge is 0.465 e. The lowest BCUT2D eigenvalue weighted by molar-refractivity contribution is -0.117. The zero-order valence-electron chi connectivity index (χ0n) is 11.5. The van der Waals surface area contributed by atoms with Crippen LogP contribution in [-0.2, 0) is 19.8 Å². The summed E-state index contributed by atoms with van der Waals surface area (Å²) in [5.41, 5.74) is 1.15. The van der Waals surface area contributed by atoms with Crippen molar-refractivity contribution in [3.8, 4) is 0 Å². The van der Waals surface area contributed by atoms with E-state index in [-0.39, 0.29) is 23.7 Å². The summed E-state index contributed by atoms with van der Waals surface area (Å²) < 4.78 is 38.8. The van der Waals surface area contributed by atoms with Crippen LogP contribution in [0, 0.1) is 12.8 Å². The molecular weight excluding hydrogens is 321 g/mol. The minimum absolute atomic E-state index is 0.0565. The van der Waals surface area contributed by atoms with Gasteiger partial charge >= 0.3 is 16.2 Å². The standard InChI is InChI=1S/C12H14FNO5S2/c1-7-5-20-11(12(16)19-2)10(7)14-4-8(3-9(14)15)6-21(13,17)18/h5,8H,3-4,6H2,1-2H3. The Morgan fingerprint density at radius 3 is 2.81 bits per heavy atom. The van der Waals surface area contributed by atoms with E-state index in [0.717, 1.165) is 16.9 Å². The molecule has 0 aliphatic carbocycles. The van der Waals surface area contributed by atoms with Gasteiger partial charge in [-0.05, 0) is 17.9 Å². The lowest BCUT2D eigenvalue weighted by Crippen LogP contribution is -2.27. The number of nitrogens with zero attached hydrogens (tertiary/aromatic N) is 1. The lowest BCUT2D eigenvalue weighted by atomic mass is 10.1. The Labute approximate surface area is 125 Å². The average molecular weight is 335 g/mol. The number of hydrogen-bond acceptors (Lipinski definition) is 6. The van der Waals surface area contributed by atoms with Gasteiger partial charge in [-0.25, -0.2) is 4.79 Å². The maximum absolute atomic E-state index is 12.7. The van der Waals surface area contributed by atoms with E-state index < -0.39 is 27.9 Å². The number of thiophene rings is 1. The molecule has 1 saturated heterocycles. The molecule has 9 heteroatoms. The molecule has 6 nitrogen and oxygen atoms in total. The molecule has 0 bridgehead atoms. The molecule has 2 rings (SSSR count). The Morgan fingerprint density at radius 1 is 1.57 bits per heavy atom. The summed E-state index contributed by atoms with van der Waals surface area (Å²) in [6.45, 7) is 1.81. The first kappa shape index (κ1) is 15.9. The Balaban J connectivity index is 2.29. The first-order valence-electron chi connectivity index (χ1n) is 6.12. The molecule has 1 aromatic heterocycles. The number of rotatable bonds is 4. The molecule has 116 valence electrons. The van der Waals surface area contributed by atoms with E-state index in [4.69, 9.17) is 0 Å². The van der Waals surface area contributed by atoms with Crippen LogP contribution in [0.1, 0.15) is 21.7 Å². The monoisotopic (exact) mass is 335 g/mol. The van der Waals surface area contributed by atoms with Crippen LogP contribution in [0.3, 0.4) is 0 Å². The van der Waals surface area contributed by atoms with Gasteiger partial charge in [0.05, 0.1) is 18.6 Å². The normalized spacial score (nSPS) is 19.1. The van der Waals surface area contributed by atoms with Gasteiger partial charge in [-0.15, -0.1) is 15.2 Å². The minimum Gasteiger partial charge on any atom is -0.465 e. The Kier molecular flexibility index (Phi) is 4.33. The Hall–Kier alpha value is -1.48. The number of hydrogen-bond donors (Lipinski definition) is 0. The fourth-order valence-electron chi connectivity index (χ4n) is 2.40. The molecule has 1 aromatic rings. The number of anilines is 1. The van der Waals surface area contributed by atoms with Crippen molar-refractivity contribution in [2.24, 2.45) is 5.92 Å². The zero-order valence-corrected chi connectivity index (χ0v) is 13.1. The minimum atomic E-state index is -4.63. The second-order valence-corrected chi connectivity index (χ2v) is 7.16. The van der Waals surface area contributed by atoms with Gasteiger partial charge in [0.1, 0.15) is 4.88 Å². The molecule has 2 heterocycles. The van der Waals surface area contributed by atoms with Gasteiger partial charge in [0.15, 0.2) is 0 Å². The van der Waals surface area contributed by atoms with Crippen molar-refractivity contribution in [2.45, 2.75) is 13.3 Å². The summed E-state index contributed by atoms with van der Waals surface area (Å²) in [6, 6.07) is 0. The van der Waals surface area contributed by atoms with Crippen LogP contribution in [0.4, 0.5) is 9.57 Å². The maximum atomic E-state index is 12.7. The fourth-order valence-corrected chi connectivity index (χ4v) is 4.16.